The molecule has 20 heavy (non-hydrogen) atoms. The monoisotopic (exact) mass is 271 g/mol. The average molecular weight is 271 g/mol. The van der Waals surface area contributed by atoms with Crippen LogP contribution in [0.1, 0.15) is 39.2 Å². The van der Waals surface area contributed by atoms with Crippen LogP contribution in [0.4, 0.5) is 0 Å². The zero-order chi connectivity index (χ0) is 14.4. The van der Waals surface area contributed by atoms with Gasteiger partial charge in [-0.2, -0.15) is 5.26 Å². The highest BCUT2D eigenvalue weighted by molar-refractivity contribution is 5.49. The maximum absolute atomic E-state index is 9.66. The summed E-state index contributed by atoms with van der Waals surface area (Å²) in [6, 6.07) is 8.50. The molecule has 0 amide bonds. The Morgan fingerprint density at radius 3 is 2.40 bits per heavy atom. The molecule has 1 aromatic rings. The van der Waals surface area contributed by atoms with E-state index in [-0.39, 0.29) is 10.8 Å². The fraction of sp³-hybridized carbons (Fsp3) is 0.588. The van der Waals surface area contributed by atoms with Crippen molar-refractivity contribution in [2.24, 2.45) is 11.3 Å². The number of benzene rings is 1. The largest absolute Gasteiger partial charge is 0.486 e. The molecule has 106 valence electrons. The first-order valence-corrected chi connectivity index (χ1v) is 7.26. The maximum Gasteiger partial charge on any atom is 0.161 e. The summed E-state index contributed by atoms with van der Waals surface area (Å²) in [7, 11) is 0. The van der Waals surface area contributed by atoms with E-state index >= 15 is 0 Å². The fourth-order valence-electron chi connectivity index (χ4n) is 3.13. The highest BCUT2D eigenvalue weighted by Crippen LogP contribution is 2.54. The van der Waals surface area contributed by atoms with Gasteiger partial charge in [-0.05, 0) is 41.9 Å². The maximum atomic E-state index is 9.66. The van der Waals surface area contributed by atoms with E-state index in [4.69, 9.17) is 9.47 Å². The summed E-state index contributed by atoms with van der Waals surface area (Å²) in [4.78, 5) is 0. The lowest BCUT2D eigenvalue weighted by Crippen LogP contribution is -2.45. The number of hydrogen-bond acceptors (Lipinski definition) is 3. The van der Waals surface area contributed by atoms with Gasteiger partial charge in [-0.1, -0.05) is 26.8 Å². The second-order valence-electron chi connectivity index (χ2n) is 7.02. The molecule has 1 fully saturated rings. The molecule has 1 aromatic carbocycles. The molecule has 0 unspecified atom stereocenters. The summed E-state index contributed by atoms with van der Waals surface area (Å²) in [5.74, 6) is 2.18. The van der Waals surface area contributed by atoms with Crippen molar-refractivity contribution in [3.05, 3.63) is 23.8 Å². The number of nitriles is 1. The Hall–Kier alpha value is -1.69. The minimum atomic E-state index is -0.340. The summed E-state index contributed by atoms with van der Waals surface area (Å²) < 4.78 is 11.2. The van der Waals surface area contributed by atoms with E-state index in [0.29, 0.717) is 19.1 Å². The predicted octanol–water partition coefficient (Wildman–Crippen LogP) is 3.68. The molecule has 0 atom stereocenters. The van der Waals surface area contributed by atoms with Crippen molar-refractivity contribution < 1.29 is 9.47 Å². The van der Waals surface area contributed by atoms with E-state index in [0.717, 1.165) is 29.9 Å². The molecule has 3 heteroatoms. The Morgan fingerprint density at radius 1 is 1.15 bits per heavy atom. The number of rotatable bonds is 1. The third kappa shape index (κ3) is 2.04. The Kier molecular flexibility index (Phi) is 2.93. The highest BCUT2D eigenvalue weighted by atomic mass is 16.6. The van der Waals surface area contributed by atoms with Gasteiger partial charge in [0.2, 0.25) is 0 Å². The van der Waals surface area contributed by atoms with Gasteiger partial charge in [0.25, 0.3) is 0 Å². The van der Waals surface area contributed by atoms with E-state index in [1.165, 1.54) is 0 Å². The quantitative estimate of drug-likeness (QED) is 0.782. The van der Waals surface area contributed by atoms with Gasteiger partial charge in [-0.15, -0.1) is 0 Å². The third-order valence-electron chi connectivity index (χ3n) is 4.72. The predicted molar refractivity (Wildman–Crippen MR) is 76.9 cm³/mol. The lowest BCUT2D eigenvalue weighted by Gasteiger charge is -2.49. The first-order valence-electron chi connectivity index (χ1n) is 7.26. The summed E-state index contributed by atoms with van der Waals surface area (Å²) in [6.45, 7) is 7.94. The van der Waals surface area contributed by atoms with Gasteiger partial charge in [0.15, 0.2) is 11.5 Å². The van der Waals surface area contributed by atoms with Gasteiger partial charge in [-0.3, -0.25) is 0 Å². The van der Waals surface area contributed by atoms with Gasteiger partial charge >= 0.3 is 0 Å². The van der Waals surface area contributed by atoms with Crippen LogP contribution in [-0.4, -0.2) is 13.2 Å². The second-order valence-corrected chi connectivity index (χ2v) is 7.02. The van der Waals surface area contributed by atoms with Crippen LogP contribution in [0.2, 0.25) is 0 Å². The van der Waals surface area contributed by atoms with Gasteiger partial charge in [0.05, 0.1) is 11.5 Å². The Labute approximate surface area is 120 Å². The summed E-state index contributed by atoms with van der Waals surface area (Å²) in [5, 5.41) is 9.66. The lowest BCUT2D eigenvalue weighted by atomic mass is 9.53. The van der Waals surface area contributed by atoms with E-state index in [2.05, 4.69) is 26.8 Å². The molecule has 0 radical (unpaired) electrons. The fourth-order valence-corrected chi connectivity index (χ4v) is 3.13. The zero-order valence-corrected chi connectivity index (χ0v) is 12.4. The summed E-state index contributed by atoms with van der Waals surface area (Å²) in [6.07, 6.45) is 1.87. The molecule has 3 rings (SSSR count). The molecule has 1 heterocycles. The lowest BCUT2D eigenvalue weighted by molar-refractivity contribution is 0.0778. The van der Waals surface area contributed by atoms with Crippen LogP contribution in [0, 0.1) is 22.7 Å². The van der Waals surface area contributed by atoms with Crippen molar-refractivity contribution in [1.29, 1.82) is 5.26 Å². The van der Waals surface area contributed by atoms with Crippen LogP contribution in [0.5, 0.6) is 11.5 Å². The molecular formula is C17H21NO2. The van der Waals surface area contributed by atoms with Crippen LogP contribution in [0.25, 0.3) is 0 Å². The van der Waals surface area contributed by atoms with Crippen LogP contribution in [0.3, 0.4) is 0 Å². The van der Waals surface area contributed by atoms with E-state index < -0.39 is 0 Å². The molecule has 0 N–H and O–H groups in total. The minimum absolute atomic E-state index is 0.272. The van der Waals surface area contributed by atoms with Gasteiger partial charge in [0.1, 0.15) is 13.2 Å². The van der Waals surface area contributed by atoms with Crippen LogP contribution in [0.15, 0.2) is 18.2 Å². The third-order valence-corrected chi connectivity index (χ3v) is 4.72. The highest BCUT2D eigenvalue weighted by Gasteiger charge is 2.50. The number of hydrogen-bond donors (Lipinski definition) is 0. The van der Waals surface area contributed by atoms with Crippen molar-refractivity contribution in [2.45, 2.75) is 39.0 Å². The standard InChI is InChI=1S/C17H21NO2/c1-16(2,3)13-9-17(10-13,11-18)12-4-5-14-15(8-12)20-7-6-19-14/h4-5,8,13H,6-7,9-10H2,1-3H3. The Bertz CT molecular complexity index is 559. The summed E-state index contributed by atoms with van der Waals surface area (Å²) in [5.41, 5.74) is 1.01. The normalized spacial score (nSPS) is 28.4. The topological polar surface area (TPSA) is 42.2 Å². The van der Waals surface area contributed by atoms with Gasteiger partial charge in [-0.25, -0.2) is 0 Å². The number of fused-ring (bicyclic) bond motifs is 1. The Balaban J connectivity index is 1.87. The summed E-state index contributed by atoms with van der Waals surface area (Å²) >= 11 is 0. The number of nitrogens with zero attached hydrogens (tertiary/aromatic N) is 1. The second kappa shape index (κ2) is 4.41. The molecular weight excluding hydrogens is 250 g/mol. The zero-order valence-electron chi connectivity index (χ0n) is 12.4. The van der Waals surface area contributed by atoms with E-state index in [9.17, 15) is 5.26 Å². The molecule has 3 nitrogen and oxygen atoms in total. The molecule has 2 aliphatic rings. The van der Waals surface area contributed by atoms with Gasteiger partial charge < -0.3 is 9.47 Å². The van der Waals surface area contributed by atoms with Crippen molar-refractivity contribution in [1.82, 2.24) is 0 Å². The molecule has 0 bridgehead atoms. The molecule has 0 aromatic heterocycles. The smallest absolute Gasteiger partial charge is 0.161 e. The molecule has 0 spiro atoms. The SMILES string of the molecule is CC(C)(C)C1CC(C#N)(c2ccc3c(c2)OCCO3)C1. The molecule has 1 aliphatic heterocycles. The first kappa shape index (κ1) is 13.3. The van der Waals surface area contributed by atoms with Crippen LogP contribution >= 0.6 is 0 Å². The number of ether oxygens (including phenoxy) is 2. The van der Waals surface area contributed by atoms with Crippen molar-refractivity contribution in [3.63, 3.8) is 0 Å². The van der Waals surface area contributed by atoms with E-state index in [1.807, 2.05) is 18.2 Å². The van der Waals surface area contributed by atoms with Crippen LogP contribution < -0.4 is 9.47 Å². The van der Waals surface area contributed by atoms with Crippen molar-refractivity contribution in [2.75, 3.05) is 13.2 Å². The van der Waals surface area contributed by atoms with Gasteiger partial charge in [0, 0.05) is 0 Å². The minimum Gasteiger partial charge on any atom is -0.486 e. The van der Waals surface area contributed by atoms with Crippen molar-refractivity contribution in [3.8, 4) is 17.6 Å². The van der Waals surface area contributed by atoms with Crippen molar-refractivity contribution >= 4 is 0 Å². The van der Waals surface area contributed by atoms with E-state index in [1.54, 1.807) is 0 Å². The average Bonchev–Trinajstić information content (AvgIpc) is 2.36. The van der Waals surface area contributed by atoms with Crippen LogP contribution in [-0.2, 0) is 5.41 Å². The molecule has 1 aliphatic carbocycles. The Morgan fingerprint density at radius 2 is 1.80 bits per heavy atom. The molecule has 1 saturated carbocycles. The first-order chi connectivity index (χ1) is 9.44. The molecule has 0 saturated heterocycles.